The number of ether oxygens (including phenoxy) is 1. The fourth-order valence-electron chi connectivity index (χ4n) is 1.33. The number of methoxy groups -OCH3 is 1. The van der Waals surface area contributed by atoms with Crippen molar-refractivity contribution in [1.82, 2.24) is 15.0 Å². The Morgan fingerprint density at radius 1 is 1.47 bits per heavy atom. The average Bonchev–Trinajstić information content (AvgIpc) is 2.84. The minimum Gasteiger partial charge on any atom is -0.464 e. The summed E-state index contributed by atoms with van der Waals surface area (Å²) in [7, 11) is 1.32. The second-order valence-corrected chi connectivity index (χ2v) is 3.31. The second-order valence-electron chi connectivity index (χ2n) is 2.90. The predicted molar refractivity (Wildman–Crippen MR) is 57.1 cm³/mol. The van der Waals surface area contributed by atoms with Crippen LogP contribution in [-0.4, -0.2) is 28.0 Å². The van der Waals surface area contributed by atoms with E-state index in [9.17, 15) is 4.79 Å². The Morgan fingerprint density at radius 3 is 2.87 bits per heavy atom. The lowest BCUT2D eigenvalue weighted by Crippen LogP contribution is -2.03. The van der Waals surface area contributed by atoms with Gasteiger partial charge in [-0.25, -0.2) is 4.79 Å². The summed E-state index contributed by atoms with van der Waals surface area (Å²) in [6.07, 6.45) is 1.76. The average molecular weight is 223 g/mol. The normalized spacial score (nSPS) is 10.2. The molecule has 2 rings (SSSR count). The molecule has 2 aromatic rings. The van der Waals surface area contributed by atoms with Crippen molar-refractivity contribution in [3.63, 3.8) is 0 Å². The number of aromatic nitrogens is 3. The molecule has 0 saturated heterocycles. The van der Waals surface area contributed by atoms with Gasteiger partial charge in [-0.1, -0.05) is 0 Å². The zero-order valence-corrected chi connectivity index (χ0v) is 8.77. The Bertz CT molecular complexity index is 524. The summed E-state index contributed by atoms with van der Waals surface area (Å²) < 4.78 is 5.03. The molecule has 0 aliphatic rings. The lowest BCUT2D eigenvalue weighted by Gasteiger charge is -1.98. The van der Waals surface area contributed by atoms with Crippen LogP contribution in [0.2, 0.25) is 0 Å². The maximum absolute atomic E-state index is 11.4. The van der Waals surface area contributed by atoms with E-state index >= 15 is 0 Å². The van der Waals surface area contributed by atoms with E-state index < -0.39 is 5.97 Å². The molecule has 0 spiro atoms. The van der Waals surface area contributed by atoms with Gasteiger partial charge >= 0.3 is 5.97 Å². The molecule has 0 amide bonds. The summed E-state index contributed by atoms with van der Waals surface area (Å²) in [6, 6.07) is 3.67. The minimum atomic E-state index is -0.452. The molecular formula is C9H9N3O2S. The Hall–Kier alpha value is -1.82. The molecule has 2 aromatic heterocycles. The molecule has 0 fully saturated rings. The first kappa shape index (κ1) is 9.72. The molecule has 2 heterocycles. The SMILES string of the molecule is COC(=O)c1[nH]c(=S)[nH]c1-c1ccc[nH]1. The third-order valence-corrected chi connectivity index (χ3v) is 2.19. The van der Waals surface area contributed by atoms with Gasteiger partial charge in [0.05, 0.1) is 18.5 Å². The van der Waals surface area contributed by atoms with Crippen LogP contribution in [0.1, 0.15) is 10.5 Å². The largest absolute Gasteiger partial charge is 0.464 e. The molecule has 0 aromatic carbocycles. The third-order valence-electron chi connectivity index (χ3n) is 1.98. The molecule has 0 aliphatic carbocycles. The molecule has 0 bridgehead atoms. The van der Waals surface area contributed by atoms with Crippen LogP contribution in [0.5, 0.6) is 0 Å². The number of nitrogens with one attached hydrogen (secondary N) is 3. The molecule has 3 N–H and O–H groups in total. The van der Waals surface area contributed by atoms with Gasteiger partial charge in [-0.2, -0.15) is 0 Å². The van der Waals surface area contributed by atoms with Gasteiger partial charge in [-0.15, -0.1) is 0 Å². The van der Waals surface area contributed by atoms with Crippen LogP contribution in [0.15, 0.2) is 18.3 Å². The zero-order valence-electron chi connectivity index (χ0n) is 7.96. The van der Waals surface area contributed by atoms with Crippen molar-refractivity contribution in [3.05, 3.63) is 28.8 Å². The first-order valence-electron chi connectivity index (χ1n) is 4.26. The Kier molecular flexibility index (Phi) is 2.42. The van der Waals surface area contributed by atoms with Crippen molar-refractivity contribution in [3.8, 4) is 11.4 Å². The number of H-pyrrole nitrogens is 3. The number of esters is 1. The van der Waals surface area contributed by atoms with Crippen LogP contribution in [0.25, 0.3) is 11.4 Å². The standard InChI is InChI=1S/C9H9N3O2S/c1-14-8(13)7-6(11-9(15)12-7)5-3-2-4-10-5/h2-4,10H,1H3,(H2,11,12,15). The summed E-state index contributed by atoms with van der Waals surface area (Å²) in [5.74, 6) is -0.452. The molecule has 0 radical (unpaired) electrons. The van der Waals surface area contributed by atoms with Gasteiger partial charge in [-0.3, -0.25) is 0 Å². The highest BCUT2D eigenvalue weighted by molar-refractivity contribution is 7.71. The Balaban J connectivity index is 2.57. The molecule has 0 unspecified atom stereocenters. The number of carbonyl (C=O) groups is 1. The van der Waals surface area contributed by atoms with Gasteiger partial charge in [-0.05, 0) is 24.4 Å². The summed E-state index contributed by atoms with van der Waals surface area (Å²) >= 11 is 4.93. The molecule has 5 nitrogen and oxygen atoms in total. The van der Waals surface area contributed by atoms with Gasteiger partial charge in [0.15, 0.2) is 10.5 Å². The quantitative estimate of drug-likeness (QED) is 0.537. The van der Waals surface area contributed by atoms with Crippen molar-refractivity contribution < 1.29 is 9.53 Å². The lowest BCUT2D eigenvalue weighted by molar-refractivity contribution is 0.0595. The number of carbonyl (C=O) groups excluding carboxylic acids is 1. The molecule has 0 aliphatic heterocycles. The van der Waals surface area contributed by atoms with E-state index in [4.69, 9.17) is 12.2 Å². The van der Waals surface area contributed by atoms with E-state index in [0.29, 0.717) is 16.2 Å². The van der Waals surface area contributed by atoms with Crippen LogP contribution in [0, 0.1) is 4.77 Å². The van der Waals surface area contributed by atoms with Crippen LogP contribution < -0.4 is 0 Å². The van der Waals surface area contributed by atoms with E-state index in [1.54, 1.807) is 6.20 Å². The lowest BCUT2D eigenvalue weighted by atomic mass is 10.2. The highest BCUT2D eigenvalue weighted by Crippen LogP contribution is 2.19. The van der Waals surface area contributed by atoms with E-state index in [0.717, 1.165) is 5.69 Å². The highest BCUT2D eigenvalue weighted by Gasteiger charge is 2.16. The van der Waals surface area contributed by atoms with Crippen molar-refractivity contribution in [2.75, 3.05) is 7.11 Å². The van der Waals surface area contributed by atoms with Crippen molar-refractivity contribution in [2.24, 2.45) is 0 Å². The highest BCUT2D eigenvalue weighted by atomic mass is 32.1. The predicted octanol–water partition coefficient (Wildman–Crippen LogP) is 1.85. The third kappa shape index (κ3) is 1.71. The number of imidazole rings is 1. The molecular weight excluding hydrogens is 214 g/mol. The van der Waals surface area contributed by atoms with Crippen LogP contribution in [0.3, 0.4) is 0 Å². The molecule has 15 heavy (non-hydrogen) atoms. The van der Waals surface area contributed by atoms with Crippen molar-refractivity contribution in [1.29, 1.82) is 0 Å². The second kappa shape index (κ2) is 3.74. The molecule has 6 heteroatoms. The van der Waals surface area contributed by atoms with E-state index in [2.05, 4.69) is 19.7 Å². The number of aromatic amines is 3. The van der Waals surface area contributed by atoms with Gasteiger partial charge in [0.1, 0.15) is 0 Å². The van der Waals surface area contributed by atoms with Crippen LogP contribution in [-0.2, 0) is 4.74 Å². The molecule has 78 valence electrons. The first-order valence-corrected chi connectivity index (χ1v) is 4.67. The monoisotopic (exact) mass is 223 g/mol. The Morgan fingerprint density at radius 2 is 2.27 bits per heavy atom. The fraction of sp³-hybridized carbons (Fsp3) is 0.111. The van der Waals surface area contributed by atoms with E-state index in [1.165, 1.54) is 7.11 Å². The van der Waals surface area contributed by atoms with E-state index in [-0.39, 0.29) is 0 Å². The smallest absolute Gasteiger partial charge is 0.356 e. The first-order chi connectivity index (χ1) is 7.22. The summed E-state index contributed by atoms with van der Waals surface area (Å²) in [6.45, 7) is 0. The van der Waals surface area contributed by atoms with Gasteiger partial charge in [0, 0.05) is 6.20 Å². The van der Waals surface area contributed by atoms with E-state index in [1.807, 2.05) is 12.1 Å². The number of hydrogen-bond acceptors (Lipinski definition) is 3. The topological polar surface area (TPSA) is 73.7 Å². The zero-order chi connectivity index (χ0) is 10.8. The number of rotatable bonds is 2. The summed E-state index contributed by atoms with van der Waals surface area (Å²) in [5.41, 5.74) is 1.71. The maximum atomic E-state index is 11.4. The van der Waals surface area contributed by atoms with Crippen LogP contribution >= 0.6 is 12.2 Å². The molecule has 0 saturated carbocycles. The summed E-state index contributed by atoms with van der Waals surface area (Å²) in [4.78, 5) is 20.0. The van der Waals surface area contributed by atoms with Gasteiger partial charge < -0.3 is 19.7 Å². The van der Waals surface area contributed by atoms with Crippen molar-refractivity contribution >= 4 is 18.2 Å². The van der Waals surface area contributed by atoms with Crippen molar-refractivity contribution in [2.45, 2.75) is 0 Å². The fourth-order valence-corrected chi connectivity index (χ4v) is 1.53. The molecule has 0 atom stereocenters. The van der Waals surface area contributed by atoms with Gasteiger partial charge in [0.2, 0.25) is 0 Å². The Labute approximate surface area is 90.5 Å². The van der Waals surface area contributed by atoms with Gasteiger partial charge in [0.25, 0.3) is 0 Å². The minimum absolute atomic E-state index is 0.324. The number of hydrogen-bond donors (Lipinski definition) is 3. The van der Waals surface area contributed by atoms with Crippen LogP contribution in [0.4, 0.5) is 0 Å². The maximum Gasteiger partial charge on any atom is 0.356 e. The summed E-state index contributed by atoms with van der Waals surface area (Å²) in [5, 5.41) is 0.